The van der Waals surface area contributed by atoms with Crippen molar-refractivity contribution in [2.75, 3.05) is 45.1 Å². The molecule has 0 radical (unpaired) electrons. The molecule has 8 nitrogen and oxygen atoms in total. The van der Waals surface area contributed by atoms with Crippen molar-refractivity contribution in [2.45, 2.75) is 43.0 Å². The first-order valence-corrected chi connectivity index (χ1v) is 10.2. The van der Waals surface area contributed by atoms with E-state index in [2.05, 4.69) is 21.3 Å². The second-order valence-electron chi connectivity index (χ2n) is 6.37. The number of ether oxygens (including phenoxy) is 1. The van der Waals surface area contributed by atoms with Crippen LogP contribution in [0.5, 0.6) is 0 Å². The molecule has 0 bridgehead atoms. The second kappa shape index (κ2) is 11.6. The highest BCUT2D eigenvalue weighted by Gasteiger charge is 2.42. The monoisotopic (exact) mass is 373 g/mol. The number of hydrogen-bond donors (Lipinski definition) is 5. The molecule has 0 saturated carbocycles. The zero-order valence-corrected chi connectivity index (χ0v) is 15.5. The SMILES string of the molecule is NCCNCCOCCNC(=O)CCCCC1SCC2NC(=O)NC21. The summed E-state index contributed by atoms with van der Waals surface area (Å²) in [5.41, 5.74) is 5.37. The fraction of sp³-hybridized carbons (Fsp3) is 0.875. The lowest BCUT2D eigenvalue weighted by molar-refractivity contribution is -0.121. The number of amides is 3. The van der Waals surface area contributed by atoms with Gasteiger partial charge in [0.25, 0.3) is 0 Å². The minimum Gasteiger partial charge on any atom is -0.378 e. The molecule has 0 aromatic rings. The molecule has 6 N–H and O–H groups in total. The molecule has 0 aromatic carbocycles. The number of carbonyl (C=O) groups excluding carboxylic acids is 2. The normalized spacial score (nSPS) is 24.7. The van der Waals surface area contributed by atoms with Crippen LogP contribution in [0.4, 0.5) is 4.79 Å². The number of hydrogen-bond acceptors (Lipinski definition) is 6. The summed E-state index contributed by atoms with van der Waals surface area (Å²) in [6.45, 7) is 3.91. The van der Waals surface area contributed by atoms with E-state index in [0.29, 0.717) is 38.0 Å². The van der Waals surface area contributed by atoms with Crippen molar-refractivity contribution in [1.29, 1.82) is 0 Å². The minimum atomic E-state index is -0.0444. The smallest absolute Gasteiger partial charge is 0.315 e. The molecule has 2 rings (SSSR count). The van der Waals surface area contributed by atoms with Crippen molar-refractivity contribution in [1.82, 2.24) is 21.3 Å². The van der Waals surface area contributed by atoms with Crippen LogP contribution >= 0.6 is 11.8 Å². The average molecular weight is 374 g/mol. The average Bonchev–Trinajstić information content (AvgIpc) is 3.13. The molecule has 2 aliphatic rings. The third-order valence-corrected chi connectivity index (χ3v) is 5.90. The predicted molar refractivity (Wildman–Crippen MR) is 99.7 cm³/mol. The highest BCUT2D eigenvalue weighted by atomic mass is 32.2. The van der Waals surface area contributed by atoms with Crippen LogP contribution in [-0.4, -0.2) is 74.4 Å². The van der Waals surface area contributed by atoms with E-state index in [4.69, 9.17) is 10.5 Å². The number of rotatable bonds is 13. The molecule has 3 amide bonds. The molecule has 9 heteroatoms. The van der Waals surface area contributed by atoms with Crippen LogP contribution in [0, 0.1) is 0 Å². The van der Waals surface area contributed by atoms with Crippen molar-refractivity contribution < 1.29 is 14.3 Å². The van der Waals surface area contributed by atoms with Crippen molar-refractivity contribution >= 4 is 23.7 Å². The van der Waals surface area contributed by atoms with Gasteiger partial charge in [-0.15, -0.1) is 0 Å². The third kappa shape index (κ3) is 7.39. The summed E-state index contributed by atoms with van der Waals surface area (Å²) in [7, 11) is 0. The van der Waals surface area contributed by atoms with E-state index in [1.54, 1.807) is 0 Å². The van der Waals surface area contributed by atoms with Crippen LogP contribution in [0.2, 0.25) is 0 Å². The molecule has 0 aliphatic carbocycles. The van der Waals surface area contributed by atoms with Gasteiger partial charge in [0.1, 0.15) is 0 Å². The Bertz CT molecular complexity index is 427. The number of urea groups is 1. The molecular weight excluding hydrogens is 342 g/mol. The number of thioether (sulfide) groups is 1. The van der Waals surface area contributed by atoms with Crippen molar-refractivity contribution in [3.63, 3.8) is 0 Å². The van der Waals surface area contributed by atoms with Crippen molar-refractivity contribution in [2.24, 2.45) is 5.73 Å². The molecule has 3 unspecified atom stereocenters. The van der Waals surface area contributed by atoms with Gasteiger partial charge in [-0.05, 0) is 12.8 Å². The Morgan fingerprint density at radius 1 is 1.24 bits per heavy atom. The van der Waals surface area contributed by atoms with Crippen molar-refractivity contribution in [3.8, 4) is 0 Å². The van der Waals surface area contributed by atoms with E-state index in [1.807, 2.05) is 11.8 Å². The molecule has 2 saturated heterocycles. The third-order valence-electron chi connectivity index (χ3n) is 4.39. The van der Waals surface area contributed by atoms with Crippen LogP contribution in [-0.2, 0) is 9.53 Å². The Balaban J connectivity index is 1.41. The van der Waals surface area contributed by atoms with Crippen LogP contribution < -0.4 is 27.0 Å². The molecule has 0 spiro atoms. The van der Waals surface area contributed by atoms with Crippen LogP contribution in [0.15, 0.2) is 0 Å². The van der Waals surface area contributed by atoms with E-state index >= 15 is 0 Å². The molecule has 25 heavy (non-hydrogen) atoms. The fourth-order valence-corrected chi connectivity index (χ4v) is 4.64. The first-order chi connectivity index (χ1) is 12.2. The summed E-state index contributed by atoms with van der Waals surface area (Å²) in [5.74, 6) is 1.06. The Morgan fingerprint density at radius 2 is 2.08 bits per heavy atom. The summed E-state index contributed by atoms with van der Waals surface area (Å²) in [5, 5.41) is 12.4. The number of fused-ring (bicyclic) bond motifs is 1. The topological polar surface area (TPSA) is 118 Å². The Morgan fingerprint density at radius 3 is 2.92 bits per heavy atom. The van der Waals surface area contributed by atoms with E-state index in [0.717, 1.165) is 38.1 Å². The maximum atomic E-state index is 11.8. The van der Waals surface area contributed by atoms with Gasteiger partial charge in [0, 0.05) is 43.6 Å². The number of unbranched alkanes of at least 4 members (excludes halogenated alkanes) is 1. The first-order valence-electron chi connectivity index (χ1n) is 9.14. The van der Waals surface area contributed by atoms with Crippen LogP contribution in [0.25, 0.3) is 0 Å². The lowest BCUT2D eigenvalue weighted by Crippen LogP contribution is -2.36. The lowest BCUT2D eigenvalue weighted by Gasteiger charge is -2.16. The Kier molecular flexibility index (Phi) is 9.38. The molecule has 2 fully saturated rings. The van der Waals surface area contributed by atoms with Gasteiger partial charge in [-0.25, -0.2) is 4.79 Å². The van der Waals surface area contributed by atoms with Crippen LogP contribution in [0.1, 0.15) is 25.7 Å². The largest absolute Gasteiger partial charge is 0.378 e. The van der Waals surface area contributed by atoms with Gasteiger partial charge in [0.15, 0.2) is 0 Å². The van der Waals surface area contributed by atoms with Gasteiger partial charge in [-0.2, -0.15) is 11.8 Å². The van der Waals surface area contributed by atoms with Crippen molar-refractivity contribution in [3.05, 3.63) is 0 Å². The van der Waals surface area contributed by atoms with Gasteiger partial charge in [-0.1, -0.05) is 6.42 Å². The van der Waals surface area contributed by atoms with E-state index < -0.39 is 0 Å². The lowest BCUT2D eigenvalue weighted by atomic mass is 10.0. The minimum absolute atomic E-state index is 0.0444. The Labute approximate surface area is 153 Å². The number of nitrogens with two attached hydrogens (primary N) is 1. The summed E-state index contributed by atoms with van der Waals surface area (Å²) >= 11 is 1.92. The summed E-state index contributed by atoms with van der Waals surface area (Å²) < 4.78 is 5.41. The quantitative estimate of drug-likeness (QED) is 0.217. The van der Waals surface area contributed by atoms with Gasteiger partial charge < -0.3 is 31.7 Å². The zero-order chi connectivity index (χ0) is 17.9. The maximum Gasteiger partial charge on any atom is 0.315 e. The van der Waals surface area contributed by atoms with E-state index in [-0.39, 0.29) is 24.0 Å². The van der Waals surface area contributed by atoms with Gasteiger partial charge in [0.2, 0.25) is 5.91 Å². The van der Waals surface area contributed by atoms with Gasteiger partial charge in [0.05, 0.1) is 25.3 Å². The highest BCUT2D eigenvalue weighted by Crippen LogP contribution is 2.33. The standard InChI is InChI=1S/C16H31N5O3S/c17-5-6-18-7-9-24-10-8-19-14(22)4-2-1-3-13-15-12(11-25-13)20-16(23)21-15/h12-13,15,18H,1-11,17H2,(H,19,22)(H2,20,21,23). The molecule has 0 aromatic heterocycles. The predicted octanol–water partition coefficient (Wildman–Crippen LogP) is -0.607. The summed E-state index contributed by atoms with van der Waals surface area (Å²) in [6, 6.07) is 0.483. The van der Waals surface area contributed by atoms with E-state index in [1.165, 1.54) is 0 Å². The summed E-state index contributed by atoms with van der Waals surface area (Å²) in [6.07, 6.45) is 3.48. The van der Waals surface area contributed by atoms with Crippen LogP contribution in [0.3, 0.4) is 0 Å². The molecule has 3 atom stereocenters. The molecular formula is C16H31N5O3S. The first kappa shape index (κ1) is 20.3. The highest BCUT2D eigenvalue weighted by molar-refractivity contribution is 8.00. The van der Waals surface area contributed by atoms with E-state index in [9.17, 15) is 9.59 Å². The zero-order valence-electron chi connectivity index (χ0n) is 14.7. The number of nitrogens with one attached hydrogen (secondary N) is 4. The fourth-order valence-electron chi connectivity index (χ4n) is 3.10. The Hall–Kier alpha value is -1.03. The maximum absolute atomic E-state index is 11.8. The van der Waals surface area contributed by atoms with Gasteiger partial charge in [-0.3, -0.25) is 4.79 Å². The molecule has 144 valence electrons. The van der Waals surface area contributed by atoms with Gasteiger partial charge >= 0.3 is 6.03 Å². The molecule has 2 heterocycles. The summed E-state index contributed by atoms with van der Waals surface area (Å²) in [4.78, 5) is 23.1. The molecule has 2 aliphatic heterocycles. The number of carbonyl (C=O) groups is 2. The second-order valence-corrected chi connectivity index (χ2v) is 7.64.